The molecule has 2 unspecified atom stereocenters. The van der Waals surface area contributed by atoms with Gasteiger partial charge in [-0.3, -0.25) is 9.69 Å². The number of ether oxygens (including phenoxy) is 1. The molecular weight excluding hydrogens is 338 g/mol. The van der Waals surface area contributed by atoms with Crippen LogP contribution in [-0.4, -0.2) is 56.3 Å². The Morgan fingerprint density at radius 3 is 2.74 bits per heavy atom. The van der Waals surface area contributed by atoms with Crippen molar-refractivity contribution in [2.45, 2.75) is 26.3 Å². The van der Waals surface area contributed by atoms with E-state index in [1.807, 2.05) is 13.0 Å². The molecule has 0 amide bonds. The predicted molar refractivity (Wildman–Crippen MR) is 111 cm³/mol. The van der Waals surface area contributed by atoms with Crippen LogP contribution < -0.4 is 5.32 Å². The number of nitrogens with zero attached hydrogens (tertiary/aromatic N) is 1. The maximum Gasteiger partial charge on any atom is 0.150 e. The zero-order chi connectivity index (χ0) is 19.8. The van der Waals surface area contributed by atoms with Gasteiger partial charge in [-0.15, -0.1) is 0 Å². The lowest BCUT2D eigenvalue weighted by molar-refractivity contribution is -0.104. The number of morpholine rings is 1. The maximum atomic E-state index is 11.7. The fourth-order valence-corrected chi connectivity index (χ4v) is 3.67. The molecule has 5 nitrogen and oxygen atoms in total. The minimum Gasteiger partial charge on any atom is -0.386 e. The van der Waals surface area contributed by atoms with Crippen LogP contribution in [0.2, 0.25) is 0 Å². The summed E-state index contributed by atoms with van der Waals surface area (Å²) < 4.78 is 5.47. The Hall–Kier alpha value is -2.24. The van der Waals surface area contributed by atoms with Crippen molar-refractivity contribution in [1.29, 1.82) is 5.41 Å². The minimum atomic E-state index is 0.129. The molecule has 1 saturated heterocycles. The number of allylic oxidation sites excluding steroid dienone is 6. The third kappa shape index (κ3) is 5.15. The highest BCUT2D eigenvalue weighted by atomic mass is 16.5. The molecule has 2 aliphatic rings. The predicted octanol–water partition coefficient (Wildman–Crippen LogP) is 3.03. The summed E-state index contributed by atoms with van der Waals surface area (Å²) in [5, 5.41) is 10.9. The van der Waals surface area contributed by atoms with Gasteiger partial charge < -0.3 is 15.5 Å². The van der Waals surface area contributed by atoms with E-state index in [4.69, 9.17) is 10.1 Å². The van der Waals surface area contributed by atoms with Gasteiger partial charge in [0.1, 0.15) is 6.29 Å². The average molecular weight is 370 g/mol. The molecule has 2 heterocycles. The van der Waals surface area contributed by atoms with Crippen LogP contribution in [0.4, 0.5) is 0 Å². The number of hydrogen-bond acceptors (Lipinski definition) is 5. The molecule has 146 valence electrons. The lowest BCUT2D eigenvalue weighted by Gasteiger charge is -2.36. The molecule has 0 aliphatic carbocycles. The second-order valence-electron chi connectivity index (χ2n) is 6.97. The Morgan fingerprint density at radius 1 is 1.44 bits per heavy atom. The molecule has 0 bridgehead atoms. The number of rotatable bonds is 7. The van der Waals surface area contributed by atoms with Gasteiger partial charge in [0.15, 0.2) is 0 Å². The first-order valence-corrected chi connectivity index (χ1v) is 9.48. The molecule has 27 heavy (non-hydrogen) atoms. The monoisotopic (exact) mass is 369 g/mol. The Bertz CT molecular complexity index is 682. The largest absolute Gasteiger partial charge is 0.386 e. The van der Waals surface area contributed by atoms with E-state index in [2.05, 4.69) is 30.3 Å². The second-order valence-corrected chi connectivity index (χ2v) is 6.97. The van der Waals surface area contributed by atoms with Gasteiger partial charge in [0.05, 0.1) is 13.2 Å². The summed E-state index contributed by atoms with van der Waals surface area (Å²) in [6.07, 6.45) is 8.36. The Balaban J connectivity index is 2.28. The normalized spacial score (nSPS) is 28.0. The molecule has 2 rings (SSSR count). The van der Waals surface area contributed by atoms with Gasteiger partial charge >= 0.3 is 0 Å². The van der Waals surface area contributed by atoms with E-state index in [1.165, 1.54) is 6.21 Å². The molecule has 2 atom stereocenters. The van der Waals surface area contributed by atoms with Crippen LogP contribution >= 0.6 is 0 Å². The fourth-order valence-electron chi connectivity index (χ4n) is 3.67. The van der Waals surface area contributed by atoms with E-state index >= 15 is 0 Å². The smallest absolute Gasteiger partial charge is 0.150 e. The average Bonchev–Trinajstić information content (AvgIpc) is 2.69. The topological polar surface area (TPSA) is 65.4 Å². The second kappa shape index (κ2) is 10.2. The summed E-state index contributed by atoms with van der Waals surface area (Å²) in [6.45, 7) is 16.2. The van der Waals surface area contributed by atoms with Gasteiger partial charge in [0.2, 0.25) is 0 Å². The van der Waals surface area contributed by atoms with Gasteiger partial charge in [-0.25, -0.2) is 0 Å². The molecule has 0 aromatic rings. The number of carbonyl (C=O) groups excluding carboxylic acids is 1. The molecule has 0 spiro atoms. The molecular formula is C22H31N3O2. The van der Waals surface area contributed by atoms with Crippen LogP contribution in [0.3, 0.4) is 0 Å². The first-order chi connectivity index (χ1) is 13.0. The fraction of sp³-hybridized carbons (Fsp3) is 0.455. The molecule has 0 aromatic heterocycles. The third-order valence-electron chi connectivity index (χ3n) is 5.48. The summed E-state index contributed by atoms with van der Waals surface area (Å²) in [4.78, 5) is 14.1. The van der Waals surface area contributed by atoms with Crippen LogP contribution in [-0.2, 0) is 9.53 Å². The van der Waals surface area contributed by atoms with Crippen molar-refractivity contribution in [3.8, 4) is 0 Å². The Morgan fingerprint density at radius 2 is 2.15 bits per heavy atom. The van der Waals surface area contributed by atoms with Crippen molar-refractivity contribution in [2.24, 2.45) is 5.92 Å². The first-order valence-electron chi connectivity index (χ1n) is 9.48. The third-order valence-corrected chi connectivity index (χ3v) is 5.48. The van der Waals surface area contributed by atoms with Gasteiger partial charge in [-0.05, 0) is 43.1 Å². The van der Waals surface area contributed by atoms with E-state index in [0.29, 0.717) is 0 Å². The number of nitrogens with one attached hydrogen (secondary N) is 2. The number of carbonyl (C=O) groups is 1. The van der Waals surface area contributed by atoms with E-state index in [1.54, 1.807) is 12.2 Å². The van der Waals surface area contributed by atoms with Crippen molar-refractivity contribution in [1.82, 2.24) is 10.2 Å². The number of hydrogen-bond donors (Lipinski definition) is 2. The zero-order valence-corrected chi connectivity index (χ0v) is 16.5. The SMILES string of the molecule is C=C/C(=C\C=N)C(=C)C1C/C=C(C=O)\C(C)=C(\C(C)N2CCOCC2)NC1. The van der Waals surface area contributed by atoms with Gasteiger partial charge in [-0.1, -0.05) is 25.3 Å². The van der Waals surface area contributed by atoms with Crippen LogP contribution in [0, 0.1) is 11.3 Å². The zero-order valence-electron chi connectivity index (χ0n) is 16.5. The summed E-state index contributed by atoms with van der Waals surface area (Å²) in [6, 6.07) is 0.181. The standard InChI is InChI=1S/C22H31N3O2/c1-5-19(8-9-23)16(2)20-6-7-21(15-26)17(3)22(24-14-20)18(4)25-10-12-27-13-11-25/h5,7-9,15,18,20,23-24H,1-2,6,10-14H2,3-4H3/b19-8+,21-7-,22-17-,23-9?. The van der Waals surface area contributed by atoms with Crippen molar-refractivity contribution in [2.75, 3.05) is 32.8 Å². The molecule has 5 heteroatoms. The maximum absolute atomic E-state index is 11.7. The van der Waals surface area contributed by atoms with Crippen molar-refractivity contribution in [3.05, 3.63) is 59.4 Å². The van der Waals surface area contributed by atoms with Crippen molar-refractivity contribution >= 4 is 12.5 Å². The van der Waals surface area contributed by atoms with Crippen LogP contribution in [0.5, 0.6) is 0 Å². The summed E-state index contributed by atoms with van der Waals surface area (Å²) >= 11 is 0. The highest BCUT2D eigenvalue weighted by molar-refractivity contribution is 5.80. The van der Waals surface area contributed by atoms with Gasteiger partial charge in [-0.2, -0.15) is 0 Å². The first kappa shape index (κ1) is 21.1. The quantitative estimate of drug-likeness (QED) is 0.411. The van der Waals surface area contributed by atoms with E-state index < -0.39 is 0 Å². The molecule has 0 radical (unpaired) electrons. The highest BCUT2D eigenvalue weighted by Gasteiger charge is 2.25. The summed E-state index contributed by atoms with van der Waals surface area (Å²) in [5.74, 6) is 0.129. The minimum absolute atomic E-state index is 0.129. The molecule has 2 N–H and O–H groups in total. The molecule has 1 fully saturated rings. The molecule has 2 aliphatic heterocycles. The van der Waals surface area contributed by atoms with E-state index in [-0.39, 0.29) is 12.0 Å². The van der Waals surface area contributed by atoms with Crippen LogP contribution in [0.1, 0.15) is 20.3 Å². The lowest BCUT2D eigenvalue weighted by atomic mass is 9.87. The van der Waals surface area contributed by atoms with Crippen molar-refractivity contribution in [3.63, 3.8) is 0 Å². The Kier molecular flexibility index (Phi) is 7.95. The van der Waals surface area contributed by atoms with Crippen molar-refractivity contribution < 1.29 is 9.53 Å². The molecule has 0 saturated carbocycles. The highest BCUT2D eigenvalue weighted by Crippen LogP contribution is 2.27. The van der Waals surface area contributed by atoms with E-state index in [9.17, 15) is 4.79 Å². The number of aldehydes is 1. The van der Waals surface area contributed by atoms with Crippen LogP contribution in [0.15, 0.2) is 59.4 Å². The summed E-state index contributed by atoms with van der Waals surface area (Å²) in [5.41, 5.74) is 4.62. The van der Waals surface area contributed by atoms with Gasteiger partial charge in [0, 0.05) is 49.1 Å². The van der Waals surface area contributed by atoms with Gasteiger partial charge in [0.25, 0.3) is 0 Å². The molecule has 0 aromatic carbocycles. The lowest BCUT2D eigenvalue weighted by Crippen LogP contribution is -2.46. The van der Waals surface area contributed by atoms with Crippen LogP contribution in [0.25, 0.3) is 0 Å². The van der Waals surface area contributed by atoms with E-state index in [0.717, 1.165) is 73.5 Å². The Labute approximate surface area is 162 Å². The summed E-state index contributed by atoms with van der Waals surface area (Å²) in [7, 11) is 0.